The van der Waals surface area contributed by atoms with Gasteiger partial charge < -0.3 is 9.47 Å². The van der Waals surface area contributed by atoms with E-state index in [2.05, 4.69) is 9.88 Å². The Labute approximate surface area is 139 Å². The zero-order valence-electron chi connectivity index (χ0n) is 12.6. The second kappa shape index (κ2) is 7.73. The molecule has 23 heavy (non-hydrogen) atoms. The van der Waals surface area contributed by atoms with Crippen LogP contribution in [0.3, 0.4) is 0 Å². The molecule has 0 radical (unpaired) electrons. The van der Waals surface area contributed by atoms with Crippen molar-refractivity contribution in [2.24, 2.45) is 0 Å². The van der Waals surface area contributed by atoms with Crippen LogP contribution in [0.2, 0.25) is 5.02 Å². The van der Waals surface area contributed by atoms with Crippen molar-refractivity contribution >= 4 is 11.6 Å². The van der Waals surface area contributed by atoms with E-state index in [1.807, 2.05) is 24.3 Å². The van der Waals surface area contributed by atoms with Crippen LogP contribution in [-0.2, 0) is 11.3 Å². The molecule has 1 aromatic carbocycles. The molecule has 0 bridgehead atoms. The van der Waals surface area contributed by atoms with Gasteiger partial charge in [0.1, 0.15) is 12.7 Å². The molecule has 2 aromatic rings. The summed E-state index contributed by atoms with van der Waals surface area (Å²) in [5.74, 6) is -0.264. The highest BCUT2D eigenvalue weighted by molar-refractivity contribution is 6.30. The highest BCUT2D eigenvalue weighted by atomic mass is 35.5. The van der Waals surface area contributed by atoms with Gasteiger partial charge in [-0.15, -0.1) is 0 Å². The molecule has 122 valence electrons. The molecule has 1 aliphatic rings. The first kappa shape index (κ1) is 16.2. The molecule has 1 fully saturated rings. The minimum Gasteiger partial charge on any atom is -0.475 e. The highest BCUT2D eigenvalue weighted by Crippen LogP contribution is 2.15. The van der Waals surface area contributed by atoms with Gasteiger partial charge in [-0.05, 0) is 23.8 Å². The number of ether oxygens (including phenoxy) is 2. The topological polar surface area (TPSA) is 34.6 Å². The van der Waals surface area contributed by atoms with E-state index in [0.717, 1.165) is 24.7 Å². The monoisotopic (exact) mass is 336 g/mol. The van der Waals surface area contributed by atoms with Crippen LogP contribution in [0.25, 0.3) is 0 Å². The standard InChI is InChI=1S/C17H18ClFN2O2/c18-14-6-4-13(5-7-14)10-21-8-9-22-15(11-21)12-23-17-3-1-2-16(19)20-17/h1-7,15H,8-12H2/t15-/m0/s1. The van der Waals surface area contributed by atoms with Gasteiger partial charge in [-0.2, -0.15) is 9.37 Å². The molecule has 0 spiro atoms. The van der Waals surface area contributed by atoms with Gasteiger partial charge in [0.25, 0.3) is 0 Å². The summed E-state index contributed by atoms with van der Waals surface area (Å²) in [6.45, 7) is 3.48. The average Bonchev–Trinajstić information content (AvgIpc) is 2.56. The lowest BCUT2D eigenvalue weighted by molar-refractivity contribution is -0.0511. The first-order chi connectivity index (χ1) is 11.2. The fourth-order valence-corrected chi connectivity index (χ4v) is 2.65. The van der Waals surface area contributed by atoms with Gasteiger partial charge in [-0.3, -0.25) is 4.90 Å². The lowest BCUT2D eigenvalue weighted by Crippen LogP contribution is -2.44. The lowest BCUT2D eigenvalue weighted by atomic mass is 10.2. The molecule has 1 aromatic heterocycles. The first-order valence-corrected chi connectivity index (χ1v) is 7.90. The number of benzene rings is 1. The molecule has 1 saturated heterocycles. The Morgan fingerprint density at radius 1 is 1.26 bits per heavy atom. The molecule has 4 nitrogen and oxygen atoms in total. The Hall–Kier alpha value is -1.69. The van der Waals surface area contributed by atoms with Crippen molar-refractivity contribution in [2.45, 2.75) is 12.6 Å². The third-order valence-electron chi connectivity index (χ3n) is 3.65. The molecule has 0 amide bonds. The van der Waals surface area contributed by atoms with E-state index in [1.54, 1.807) is 12.1 Å². The number of rotatable bonds is 5. The number of hydrogen-bond acceptors (Lipinski definition) is 4. The number of pyridine rings is 1. The van der Waals surface area contributed by atoms with Gasteiger partial charge in [0.05, 0.1) is 6.61 Å². The maximum absolute atomic E-state index is 13.0. The van der Waals surface area contributed by atoms with Gasteiger partial charge >= 0.3 is 0 Å². The maximum Gasteiger partial charge on any atom is 0.216 e. The Kier molecular flexibility index (Phi) is 5.43. The van der Waals surface area contributed by atoms with Gasteiger partial charge in [0, 0.05) is 30.7 Å². The number of hydrogen-bond donors (Lipinski definition) is 0. The molecular formula is C17H18ClFN2O2. The molecule has 6 heteroatoms. The van der Waals surface area contributed by atoms with Crippen molar-refractivity contribution in [3.63, 3.8) is 0 Å². The second-order valence-corrected chi connectivity index (χ2v) is 5.90. The zero-order valence-corrected chi connectivity index (χ0v) is 13.4. The van der Waals surface area contributed by atoms with E-state index in [9.17, 15) is 4.39 Å². The average molecular weight is 337 g/mol. The van der Waals surface area contributed by atoms with E-state index < -0.39 is 5.95 Å². The minimum atomic E-state index is -0.545. The summed E-state index contributed by atoms with van der Waals surface area (Å²) < 4.78 is 24.3. The minimum absolute atomic E-state index is 0.0545. The van der Waals surface area contributed by atoms with E-state index in [1.165, 1.54) is 11.6 Å². The fourth-order valence-electron chi connectivity index (χ4n) is 2.52. The van der Waals surface area contributed by atoms with Gasteiger partial charge in [0.15, 0.2) is 0 Å². The predicted octanol–water partition coefficient (Wildman–Crippen LogP) is 3.15. The van der Waals surface area contributed by atoms with Gasteiger partial charge in [-0.25, -0.2) is 0 Å². The third kappa shape index (κ3) is 4.89. The Morgan fingerprint density at radius 2 is 2.09 bits per heavy atom. The highest BCUT2D eigenvalue weighted by Gasteiger charge is 2.21. The van der Waals surface area contributed by atoms with Crippen molar-refractivity contribution in [3.8, 4) is 5.88 Å². The van der Waals surface area contributed by atoms with Crippen molar-refractivity contribution < 1.29 is 13.9 Å². The van der Waals surface area contributed by atoms with Gasteiger partial charge in [-0.1, -0.05) is 29.8 Å². The van der Waals surface area contributed by atoms with Crippen LogP contribution in [0.1, 0.15) is 5.56 Å². The van der Waals surface area contributed by atoms with Crippen molar-refractivity contribution in [1.82, 2.24) is 9.88 Å². The fraction of sp³-hybridized carbons (Fsp3) is 0.353. The Bertz CT molecular complexity index is 639. The van der Waals surface area contributed by atoms with E-state index in [-0.39, 0.29) is 12.0 Å². The molecule has 2 heterocycles. The quantitative estimate of drug-likeness (QED) is 0.786. The zero-order chi connectivity index (χ0) is 16.1. The largest absolute Gasteiger partial charge is 0.475 e. The molecule has 0 saturated carbocycles. The van der Waals surface area contributed by atoms with Crippen LogP contribution in [0, 0.1) is 5.95 Å². The molecule has 0 N–H and O–H groups in total. The number of morpholine rings is 1. The van der Waals surface area contributed by atoms with E-state index in [4.69, 9.17) is 21.1 Å². The summed E-state index contributed by atoms with van der Waals surface area (Å²) in [6, 6.07) is 12.3. The molecule has 0 unspecified atom stereocenters. The van der Waals surface area contributed by atoms with Crippen LogP contribution in [0.4, 0.5) is 4.39 Å². The van der Waals surface area contributed by atoms with Crippen LogP contribution in [0.15, 0.2) is 42.5 Å². The van der Waals surface area contributed by atoms with Crippen molar-refractivity contribution in [1.29, 1.82) is 0 Å². The molecular weight excluding hydrogens is 319 g/mol. The third-order valence-corrected chi connectivity index (χ3v) is 3.90. The summed E-state index contributed by atoms with van der Waals surface area (Å²) in [6.07, 6.45) is -0.0545. The van der Waals surface area contributed by atoms with E-state index in [0.29, 0.717) is 13.2 Å². The Balaban J connectivity index is 1.50. The molecule has 1 atom stereocenters. The predicted molar refractivity (Wildman–Crippen MR) is 86.2 cm³/mol. The maximum atomic E-state index is 13.0. The van der Waals surface area contributed by atoms with Crippen LogP contribution >= 0.6 is 11.6 Å². The van der Waals surface area contributed by atoms with Crippen LogP contribution in [-0.4, -0.2) is 42.3 Å². The molecule has 1 aliphatic heterocycles. The summed E-state index contributed by atoms with van der Waals surface area (Å²) in [4.78, 5) is 5.99. The van der Waals surface area contributed by atoms with Gasteiger partial charge in [0.2, 0.25) is 11.8 Å². The molecule has 0 aliphatic carbocycles. The smallest absolute Gasteiger partial charge is 0.216 e. The molecule has 3 rings (SSSR count). The summed E-state index contributed by atoms with van der Waals surface area (Å²) in [5, 5.41) is 0.740. The normalized spacial score (nSPS) is 18.8. The number of nitrogens with zero attached hydrogens (tertiary/aromatic N) is 2. The lowest BCUT2D eigenvalue weighted by Gasteiger charge is -2.32. The number of halogens is 2. The van der Waals surface area contributed by atoms with Crippen LogP contribution < -0.4 is 4.74 Å². The van der Waals surface area contributed by atoms with E-state index >= 15 is 0 Å². The SMILES string of the molecule is Fc1cccc(OC[C@@H]2CN(Cc3ccc(Cl)cc3)CCO2)n1. The van der Waals surface area contributed by atoms with Crippen molar-refractivity contribution in [2.75, 3.05) is 26.3 Å². The first-order valence-electron chi connectivity index (χ1n) is 7.53. The van der Waals surface area contributed by atoms with Crippen molar-refractivity contribution in [3.05, 3.63) is 59.0 Å². The second-order valence-electron chi connectivity index (χ2n) is 5.46. The summed E-state index contributed by atoms with van der Waals surface area (Å²) in [5.41, 5.74) is 1.21. The number of aromatic nitrogens is 1. The van der Waals surface area contributed by atoms with Crippen LogP contribution in [0.5, 0.6) is 5.88 Å². The Morgan fingerprint density at radius 3 is 2.87 bits per heavy atom. The summed E-state index contributed by atoms with van der Waals surface area (Å²) >= 11 is 5.91. The summed E-state index contributed by atoms with van der Waals surface area (Å²) in [7, 11) is 0.